The van der Waals surface area contributed by atoms with Crippen molar-refractivity contribution in [1.82, 2.24) is 0 Å². The lowest BCUT2D eigenvalue weighted by Crippen LogP contribution is -1.92. The quantitative estimate of drug-likeness (QED) is 0.698. The zero-order valence-corrected chi connectivity index (χ0v) is 9.80. The van der Waals surface area contributed by atoms with E-state index in [1.54, 1.807) is 6.92 Å². The van der Waals surface area contributed by atoms with E-state index in [1.807, 2.05) is 30.3 Å². The molecular weight excluding hydrogens is 231 g/mol. The molecule has 0 radical (unpaired) electrons. The van der Waals surface area contributed by atoms with E-state index in [9.17, 15) is 4.79 Å². The van der Waals surface area contributed by atoms with Crippen LogP contribution in [-0.4, -0.2) is 20.5 Å². The lowest BCUT2D eigenvalue weighted by molar-refractivity contribution is -0.116. The molecule has 0 fully saturated rings. The molecule has 0 unspecified atom stereocenters. The topological polar surface area (TPSA) is 94.8 Å². The molecule has 1 aromatic rings. The summed E-state index contributed by atoms with van der Waals surface area (Å²) in [5.74, 6) is 0.258. The smallest absolute Gasteiger partial charge is 0.303 e. The van der Waals surface area contributed by atoms with Crippen LogP contribution < -0.4 is 0 Å². The molecule has 0 spiro atoms. The molecule has 3 N–H and O–H groups in total. The molecule has 0 aliphatic carbocycles. The van der Waals surface area contributed by atoms with E-state index in [2.05, 4.69) is 0 Å². The highest BCUT2D eigenvalue weighted by molar-refractivity contribution is 7.45. The predicted molar refractivity (Wildman–Crippen MR) is 59.7 cm³/mol. The summed E-state index contributed by atoms with van der Waals surface area (Å²) >= 11 is 0. The molecule has 0 aliphatic rings. The molecule has 1 aromatic carbocycles. The van der Waals surface area contributed by atoms with Crippen molar-refractivity contribution in [2.75, 3.05) is 0 Å². The van der Waals surface area contributed by atoms with E-state index in [0.29, 0.717) is 6.42 Å². The molecule has 0 aromatic heterocycles. The molecule has 0 saturated carbocycles. The minimum Gasteiger partial charge on any atom is -0.303 e. The zero-order chi connectivity index (χ0) is 12.6. The Balaban J connectivity index is 0.000000385. The van der Waals surface area contributed by atoms with Crippen molar-refractivity contribution in [1.29, 1.82) is 0 Å². The van der Waals surface area contributed by atoms with Crippen molar-refractivity contribution < 1.29 is 24.0 Å². The van der Waals surface area contributed by atoms with Crippen molar-refractivity contribution in [3.63, 3.8) is 0 Å². The molecule has 6 heteroatoms. The van der Waals surface area contributed by atoms with Gasteiger partial charge in [-0.05, 0) is 18.9 Å². The van der Waals surface area contributed by atoms with Gasteiger partial charge in [0.05, 0.1) is 0 Å². The summed E-state index contributed by atoms with van der Waals surface area (Å²) in [6, 6.07) is 10.1. The van der Waals surface area contributed by atoms with Gasteiger partial charge in [-0.15, -0.1) is 0 Å². The van der Waals surface area contributed by atoms with Crippen molar-refractivity contribution in [3.8, 4) is 0 Å². The van der Waals surface area contributed by atoms with Crippen LogP contribution in [-0.2, 0) is 15.8 Å². The molecule has 16 heavy (non-hydrogen) atoms. The molecule has 5 nitrogen and oxygen atoms in total. The number of carbonyl (C=O) groups is 1. The van der Waals surface area contributed by atoms with E-state index in [0.717, 1.165) is 6.42 Å². The number of hydrogen-bond acceptors (Lipinski definition) is 2. The van der Waals surface area contributed by atoms with Gasteiger partial charge in [0, 0.05) is 6.42 Å². The summed E-state index contributed by atoms with van der Waals surface area (Å²) in [4.78, 5) is 32.2. The van der Waals surface area contributed by atoms with Crippen LogP contribution in [0.4, 0.5) is 0 Å². The van der Waals surface area contributed by atoms with E-state index >= 15 is 0 Å². The number of ketones is 1. The first kappa shape index (κ1) is 15.0. The van der Waals surface area contributed by atoms with Gasteiger partial charge in [-0.3, -0.25) is 0 Å². The van der Waals surface area contributed by atoms with E-state index in [-0.39, 0.29) is 5.78 Å². The zero-order valence-electron chi connectivity index (χ0n) is 8.91. The highest BCUT2D eigenvalue weighted by Crippen LogP contribution is 2.25. The number of benzene rings is 1. The van der Waals surface area contributed by atoms with Crippen LogP contribution in [0.3, 0.4) is 0 Å². The molecular formula is C10H15O5P. The Morgan fingerprint density at radius 1 is 1.19 bits per heavy atom. The molecule has 0 heterocycles. The van der Waals surface area contributed by atoms with Crippen LogP contribution in [0.5, 0.6) is 0 Å². The number of hydrogen-bond donors (Lipinski definition) is 3. The molecule has 0 bridgehead atoms. The summed E-state index contributed by atoms with van der Waals surface area (Å²) in [5.41, 5.74) is 1.24. The van der Waals surface area contributed by atoms with Gasteiger partial charge < -0.3 is 19.5 Å². The third-order valence-electron chi connectivity index (χ3n) is 1.61. The normalized spacial score (nSPS) is 10.2. The van der Waals surface area contributed by atoms with Crippen molar-refractivity contribution >= 4 is 13.6 Å². The average Bonchev–Trinajstić information content (AvgIpc) is 2.14. The van der Waals surface area contributed by atoms with Crippen LogP contribution >= 0.6 is 7.82 Å². The Morgan fingerprint density at radius 2 is 1.62 bits per heavy atom. The maximum absolute atomic E-state index is 10.6. The average molecular weight is 246 g/mol. The highest BCUT2D eigenvalue weighted by Gasteiger charge is 2.00. The Labute approximate surface area is 94.0 Å². The molecule has 0 saturated heterocycles. The predicted octanol–water partition coefficient (Wildman–Crippen LogP) is 1.28. The summed E-state index contributed by atoms with van der Waals surface area (Å²) in [6.45, 7) is 1.63. The highest BCUT2D eigenvalue weighted by atomic mass is 31.2. The number of aryl methyl sites for hydroxylation is 1. The van der Waals surface area contributed by atoms with Gasteiger partial charge in [-0.1, -0.05) is 30.3 Å². The molecule has 0 atom stereocenters. The van der Waals surface area contributed by atoms with E-state index in [1.165, 1.54) is 5.56 Å². The van der Waals surface area contributed by atoms with Gasteiger partial charge in [-0.25, -0.2) is 4.57 Å². The maximum Gasteiger partial charge on any atom is 0.466 e. The molecule has 90 valence electrons. The van der Waals surface area contributed by atoms with Gasteiger partial charge in [0.1, 0.15) is 5.78 Å². The van der Waals surface area contributed by atoms with Gasteiger partial charge in [0.2, 0.25) is 0 Å². The monoisotopic (exact) mass is 246 g/mol. The van der Waals surface area contributed by atoms with Crippen molar-refractivity contribution in [2.45, 2.75) is 19.8 Å². The first-order valence-corrected chi connectivity index (χ1v) is 6.17. The van der Waals surface area contributed by atoms with Crippen LogP contribution in [0.15, 0.2) is 30.3 Å². The van der Waals surface area contributed by atoms with E-state index < -0.39 is 7.82 Å². The Bertz CT molecular complexity index is 348. The maximum atomic E-state index is 10.6. The standard InChI is InChI=1S/C10H12O.H3O4P/c1-9(11)7-8-10-5-3-2-4-6-10;1-5(2,3)4/h2-6H,7-8H2,1H3;(H3,1,2,3,4). The van der Waals surface area contributed by atoms with E-state index in [4.69, 9.17) is 19.2 Å². The second-order valence-corrected chi connectivity index (χ2v) is 4.23. The minimum atomic E-state index is -4.64. The molecule has 0 amide bonds. The third kappa shape index (κ3) is 13.0. The number of Topliss-reactive ketones (excluding diaryl/α,β-unsaturated/α-hetero) is 1. The SMILES string of the molecule is CC(=O)CCc1ccccc1.O=P(O)(O)O. The fourth-order valence-electron chi connectivity index (χ4n) is 0.965. The number of phosphoric acid groups is 1. The largest absolute Gasteiger partial charge is 0.466 e. The van der Waals surface area contributed by atoms with Gasteiger partial charge in [-0.2, -0.15) is 0 Å². The summed E-state index contributed by atoms with van der Waals surface area (Å²) < 4.78 is 8.88. The fourth-order valence-corrected chi connectivity index (χ4v) is 0.965. The van der Waals surface area contributed by atoms with Crippen LogP contribution in [0, 0.1) is 0 Å². The van der Waals surface area contributed by atoms with Gasteiger partial charge in [0.15, 0.2) is 0 Å². The second-order valence-electron chi connectivity index (χ2n) is 3.20. The van der Waals surface area contributed by atoms with Crippen LogP contribution in [0.25, 0.3) is 0 Å². The van der Waals surface area contributed by atoms with Crippen molar-refractivity contribution in [3.05, 3.63) is 35.9 Å². The lowest BCUT2D eigenvalue weighted by Gasteiger charge is -1.96. The van der Waals surface area contributed by atoms with Crippen molar-refractivity contribution in [2.24, 2.45) is 0 Å². The van der Waals surface area contributed by atoms with Crippen LogP contribution in [0.2, 0.25) is 0 Å². The molecule has 1 rings (SSSR count). The van der Waals surface area contributed by atoms with Gasteiger partial charge >= 0.3 is 7.82 Å². The summed E-state index contributed by atoms with van der Waals surface area (Å²) in [7, 11) is -4.64. The first-order valence-electron chi connectivity index (χ1n) is 4.60. The Hall–Kier alpha value is -1.00. The Morgan fingerprint density at radius 3 is 2.00 bits per heavy atom. The minimum absolute atomic E-state index is 0.258. The second kappa shape index (κ2) is 7.30. The summed E-state index contributed by atoms with van der Waals surface area (Å²) in [6.07, 6.45) is 1.53. The summed E-state index contributed by atoms with van der Waals surface area (Å²) in [5, 5.41) is 0. The third-order valence-corrected chi connectivity index (χ3v) is 1.61. The fraction of sp³-hybridized carbons (Fsp3) is 0.300. The number of carbonyl (C=O) groups excluding carboxylic acids is 1. The lowest BCUT2D eigenvalue weighted by atomic mass is 10.1. The number of rotatable bonds is 3. The first-order chi connectivity index (χ1) is 7.29. The van der Waals surface area contributed by atoms with Crippen LogP contribution in [0.1, 0.15) is 18.9 Å². The molecule has 0 aliphatic heterocycles. The van der Waals surface area contributed by atoms with Gasteiger partial charge in [0.25, 0.3) is 0 Å². The Kier molecular flexibility index (Phi) is 6.85.